The lowest BCUT2D eigenvalue weighted by Gasteiger charge is -2.15. The Morgan fingerprint density at radius 2 is 1.91 bits per heavy atom. The Bertz CT molecular complexity index is 849. The normalized spacial score (nSPS) is 20.6. The highest BCUT2D eigenvalue weighted by Crippen LogP contribution is 2.63. The number of hydrogen-bond acceptors (Lipinski definition) is 3. The van der Waals surface area contributed by atoms with Crippen LogP contribution in [-0.4, -0.2) is 9.32 Å². The fraction of sp³-hybridized carbons (Fsp3) is 0.235. The summed E-state index contributed by atoms with van der Waals surface area (Å²) in [5, 5.41) is 1.35. The zero-order chi connectivity index (χ0) is 16.0. The number of aromatic nitrogens is 1. The summed E-state index contributed by atoms with van der Waals surface area (Å²) in [6, 6.07) is 15.6. The van der Waals surface area contributed by atoms with E-state index in [1.165, 1.54) is 5.56 Å². The average molecular weight is 385 g/mol. The Hall–Kier alpha value is -0.870. The zero-order valence-corrected chi connectivity index (χ0v) is 15.0. The molecule has 2 nitrogen and oxygen atoms in total. The largest absolute Gasteiger partial charge is 0.431 e. The molecular formula is C17H12Cl3NOS. The lowest BCUT2D eigenvalue weighted by atomic mass is 10.1. The molecule has 0 aliphatic heterocycles. The predicted molar refractivity (Wildman–Crippen MR) is 96.6 cm³/mol. The molecule has 2 aromatic carbocycles. The quantitative estimate of drug-likeness (QED) is 0.379. The summed E-state index contributed by atoms with van der Waals surface area (Å²) in [5.41, 5.74) is 2.65. The second-order valence-electron chi connectivity index (χ2n) is 5.61. The molecular weight excluding hydrogens is 373 g/mol. The summed E-state index contributed by atoms with van der Waals surface area (Å²) in [6.07, 6.45) is 0.773. The third-order valence-electron chi connectivity index (χ3n) is 3.93. The maximum absolute atomic E-state index is 6.30. The van der Waals surface area contributed by atoms with E-state index in [-0.39, 0.29) is 11.2 Å². The molecule has 2 unspecified atom stereocenters. The van der Waals surface area contributed by atoms with Crippen LogP contribution in [0.4, 0.5) is 0 Å². The first-order chi connectivity index (χ1) is 11.0. The van der Waals surface area contributed by atoms with Crippen LogP contribution >= 0.6 is 46.6 Å². The van der Waals surface area contributed by atoms with E-state index in [0.717, 1.165) is 17.5 Å². The molecule has 1 fully saturated rings. The summed E-state index contributed by atoms with van der Waals surface area (Å²) in [7, 11) is 0. The topological polar surface area (TPSA) is 26.0 Å². The van der Waals surface area contributed by atoms with Gasteiger partial charge in [0.1, 0.15) is 9.85 Å². The summed E-state index contributed by atoms with van der Waals surface area (Å²) in [6.45, 7) is 0. The second kappa shape index (κ2) is 5.89. The number of halogens is 3. The molecule has 2 atom stereocenters. The zero-order valence-electron chi connectivity index (χ0n) is 11.9. The van der Waals surface area contributed by atoms with Crippen molar-refractivity contribution in [2.75, 3.05) is 0 Å². The van der Waals surface area contributed by atoms with Crippen LogP contribution in [0.3, 0.4) is 0 Å². The van der Waals surface area contributed by atoms with Crippen LogP contribution in [0.5, 0.6) is 0 Å². The Balaban J connectivity index is 1.67. The van der Waals surface area contributed by atoms with Crippen LogP contribution in [0.25, 0.3) is 11.1 Å². The molecule has 118 valence electrons. The third kappa shape index (κ3) is 3.20. The van der Waals surface area contributed by atoms with Gasteiger partial charge in [0, 0.05) is 16.2 Å². The van der Waals surface area contributed by atoms with Crippen molar-refractivity contribution in [3.63, 3.8) is 0 Å². The van der Waals surface area contributed by atoms with Crippen LogP contribution < -0.4 is 0 Å². The number of oxazole rings is 1. The molecule has 0 radical (unpaired) electrons. The number of fused-ring (bicyclic) bond motifs is 1. The van der Waals surface area contributed by atoms with E-state index in [2.05, 4.69) is 17.1 Å². The molecule has 0 N–H and O–H groups in total. The van der Waals surface area contributed by atoms with Crippen molar-refractivity contribution >= 4 is 57.7 Å². The average Bonchev–Trinajstić information content (AvgIpc) is 2.98. The van der Waals surface area contributed by atoms with Crippen LogP contribution in [0.2, 0.25) is 5.02 Å². The number of alkyl halides is 2. The number of thioether (sulfide) groups is 1. The molecule has 0 bridgehead atoms. The minimum Gasteiger partial charge on any atom is -0.431 e. The first-order valence-electron chi connectivity index (χ1n) is 7.18. The Labute approximate surface area is 153 Å². The van der Waals surface area contributed by atoms with E-state index in [1.54, 1.807) is 23.9 Å². The first kappa shape index (κ1) is 15.6. The van der Waals surface area contributed by atoms with E-state index < -0.39 is 4.33 Å². The minimum atomic E-state index is -0.664. The Morgan fingerprint density at radius 1 is 1.17 bits per heavy atom. The molecule has 1 aromatic heterocycles. The standard InChI is InChI=1S/C17H12Cl3NOS/c18-11-6-7-14-13(8-11)21-16(22-14)23-15(12-9-17(12,19)20)10-4-2-1-3-5-10/h1-8,12,15H,9H2. The van der Waals surface area contributed by atoms with Crippen molar-refractivity contribution in [1.29, 1.82) is 0 Å². The monoisotopic (exact) mass is 383 g/mol. The lowest BCUT2D eigenvalue weighted by Crippen LogP contribution is -2.02. The predicted octanol–water partition coefficient (Wildman–Crippen LogP) is 6.51. The van der Waals surface area contributed by atoms with Gasteiger partial charge >= 0.3 is 0 Å². The summed E-state index contributed by atoms with van der Waals surface area (Å²) >= 11 is 20.2. The van der Waals surface area contributed by atoms with Crippen molar-refractivity contribution in [2.24, 2.45) is 5.92 Å². The maximum Gasteiger partial charge on any atom is 0.257 e. The van der Waals surface area contributed by atoms with Crippen molar-refractivity contribution in [1.82, 2.24) is 4.98 Å². The third-order valence-corrected chi connectivity index (χ3v) is 6.26. The molecule has 3 aromatic rings. The molecule has 0 spiro atoms. The molecule has 23 heavy (non-hydrogen) atoms. The molecule has 1 saturated carbocycles. The van der Waals surface area contributed by atoms with Crippen LogP contribution in [-0.2, 0) is 0 Å². The van der Waals surface area contributed by atoms with Crippen molar-refractivity contribution in [3.05, 3.63) is 59.1 Å². The van der Waals surface area contributed by atoms with Crippen molar-refractivity contribution in [2.45, 2.75) is 21.2 Å². The number of hydrogen-bond donors (Lipinski definition) is 0. The molecule has 1 heterocycles. The molecule has 0 amide bonds. The Kier molecular flexibility index (Phi) is 4.01. The van der Waals surface area contributed by atoms with Gasteiger partial charge in [0.05, 0.1) is 0 Å². The maximum atomic E-state index is 6.30. The number of rotatable bonds is 4. The van der Waals surface area contributed by atoms with Gasteiger partial charge in [-0.05, 0) is 30.2 Å². The van der Waals surface area contributed by atoms with Crippen LogP contribution in [0, 0.1) is 5.92 Å². The first-order valence-corrected chi connectivity index (χ1v) is 9.20. The van der Waals surface area contributed by atoms with E-state index in [9.17, 15) is 0 Å². The smallest absolute Gasteiger partial charge is 0.257 e. The summed E-state index contributed by atoms with van der Waals surface area (Å²) in [5.74, 6) is 0.178. The van der Waals surface area contributed by atoms with Crippen LogP contribution in [0.15, 0.2) is 58.2 Å². The molecule has 1 aliphatic carbocycles. The van der Waals surface area contributed by atoms with Gasteiger partial charge in [-0.1, -0.05) is 53.7 Å². The highest BCUT2D eigenvalue weighted by atomic mass is 35.5. The fourth-order valence-electron chi connectivity index (χ4n) is 2.63. The van der Waals surface area contributed by atoms with Gasteiger partial charge in [0.25, 0.3) is 5.22 Å². The van der Waals surface area contributed by atoms with E-state index in [1.807, 2.05) is 24.3 Å². The van der Waals surface area contributed by atoms with E-state index in [4.69, 9.17) is 39.2 Å². The number of benzene rings is 2. The lowest BCUT2D eigenvalue weighted by molar-refractivity contribution is 0.487. The van der Waals surface area contributed by atoms with Gasteiger partial charge in [0.2, 0.25) is 0 Å². The second-order valence-corrected chi connectivity index (χ2v) is 8.68. The summed E-state index contributed by atoms with van der Waals surface area (Å²) < 4.78 is 5.16. The highest BCUT2D eigenvalue weighted by molar-refractivity contribution is 7.99. The Morgan fingerprint density at radius 3 is 2.61 bits per heavy atom. The molecule has 6 heteroatoms. The van der Waals surface area contributed by atoms with Gasteiger partial charge in [-0.15, -0.1) is 23.2 Å². The van der Waals surface area contributed by atoms with Crippen molar-refractivity contribution < 1.29 is 4.42 Å². The highest BCUT2D eigenvalue weighted by Gasteiger charge is 2.56. The molecule has 4 rings (SSSR count). The number of nitrogens with zero attached hydrogens (tertiary/aromatic N) is 1. The van der Waals surface area contributed by atoms with E-state index >= 15 is 0 Å². The molecule has 1 aliphatic rings. The SMILES string of the molecule is Clc1ccc2oc(SC(c3ccccc3)C3CC3(Cl)Cl)nc2c1. The van der Waals surface area contributed by atoms with Crippen molar-refractivity contribution in [3.8, 4) is 0 Å². The minimum absolute atomic E-state index is 0.106. The van der Waals surface area contributed by atoms with Gasteiger partial charge in [-0.25, -0.2) is 4.98 Å². The summed E-state index contributed by atoms with van der Waals surface area (Å²) in [4.78, 5) is 4.52. The van der Waals surface area contributed by atoms with Gasteiger partial charge in [-0.3, -0.25) is 0 Å². The van der Waals surface area contributed by atoms with Gasteiger partial charge < -0.3 is 4.42 Å². The van der Waals surface area contributed by atoms with Gasteiger partial charge in [-0.2, -0.15) is 0 Å². The fourth-order valence-corrected chi connectivity index (χ4v) is 4.82. The van der Waals surface area contributed by atoms with Crippen LogP contribution in [0.1, 0.15) is 17.2 Å². The van der Waals surface area contributed by atoms with E-state index in [0.29, 0.717) is 10.2 Å². The van der Waals surface area contributed by atoms with Gasteiger partial charge in [0.15, 0.2) is 5.58 Å². The molecule has 0 saturated heterocycles.